The molecule has 0 radical (unpaired) electrons. The summed E-state index contributed by atoms with van der Waals surface area (Å²) in [6.07, 6.45) is 2.49. The Morgan fingerprint density at radius 1 is 1.35 bits per heavy atom. The maximum Gasteiger partial charge on any atom is 0.220 e. The predicted octanol–water partition coefficient (Wildman–Crippen LogP) is 2.05. The molecular weight excluding hydrogens is 308 g/mol. The molecule has 23 heavy (non-hydrogen) atoms. The van der Waals surface area contributed by atoms with Gasteiger partial charge < -0.3 is 10.2 Å². The molecule has 1 aromatic heterocycles. The zero-order valence-corrected chi connectivity index (χ0v) is 15.7. The van der Waals surface area contributed by atoms with E-state index in [4.69, 9.17) is 0 Å². The molecule has 2 rings (SSSR count). The molecule has 1 N–H and O–H groups in total. The van der Waals surface area contributed by atoms with Crippen molar-refractivity contribution in [2.75, 3.05) is 33.2 Å². The number of hydrogen-bond acceptors (Lipinski definition) is 5. The minimum atomic E-state index is 0.150. The van der Waals surface area contributed by atoms with Crippen LogP contribution in [0.4, 0.5) is 0 Å². The molecule has 0 saturated carbocycles. The topological polar surface area (TPSA) is 48.5 Å². The van der Waals surface area contributed by atoms with E-state index in [0.717, 1.165) is 49.7 Å². The number of aryl methyl sites for hydroxylation is 2. The van der Waals surface area contributed by atoms with Gasteiger partial charge in [0.15, 0.2) is 0 Å². The molecule has 1 aliphatic rings. The summed E-state index contributed by atoms with van der Waals surface area (Å²) in [5.41, 5.74) is 1.05. The third-order valence-electron chi connectivity index (χ3n) is 4.64. The monoisotopic (exact) mass is 338 g/mol. The number of carbonyl (C=O) groups excluding carboxylic acids is 1. The van der Waals surface area contributed by atoms with Crippen LogP contribution in [0, 0.1) is 6.92 Å². The van der Waals surface area contributed by atoms with Crippen LogP contribution >= 0.6 is 11.3 Å². The minimum Gasteiger partial charge on any atom is -0.351 e. The standard InChI is InChI=1S/C17H30N4OS/c1-5-17-19-14(3)15(23-17)12-18-16(22)7-6-13(2)21-10-8-20(4)9-11-21/h13H,5-12H2,1-4H3,(H,18,22)/t13-/m0/s1. The molecule has 0 aromatic carbocycles. The molecule has 1 amide bonds. The fraction of sp³-hybridized carbons (Fsp3) is 0.765. The number of piperazine rings is 1. The number of nitrogens with one attached hydrogen (secondary N) is 1. The van der Waals surface area contributed by atoms with E-state index in [1.165, 1.54) is 4.88 Å². The number of aromatic nitrogens is 1. The maximum absolute atomic E-state index is 12.1. The molecule has 0 spiro atoms. The average molecular weight is 339 g/mol. The van der Waals surface area contributed by atoms with Crippen LogP contribution in [-0.4, -0.2) is 60.0 Å². The molecule has 5 nitrogen and oxygen atoms in total. The number of hydrogen-bond donors (Lipinski definition) is 1. The van der Waals surface area contributed by atoms with Crippen LogP contribution in [0.2, 0.25) is 0 Å². The summed E-state index contributed by atoms with van der Waals surface area (Å²) in [5, 5.41) is 4.20. The molecule has 1 fully saturated rings. The van der Waals surface area contributed by atoms with Crippen LogP contribution in [0.25, 0.3) is 0 Å². The Morgan fingerprint density at radius 2 is 2.04 bits per heavy atom. The van der Waals surface area contributed by atoms with E-state index in [1.807, 2.05) is 6.92 Å². The van der Waals surface area contributed by atoms with Crippen molar-refractivity contribution in [3.63, 3.8) is 0 Å². The molecule has 0 bridgehead atoms. The van der Waals surface area contributed by atoms with E-state index in [2.05, 4.69) is 41.0 Å². The van der Waals surface area contributed by atoms with Crippen LogP contribution in [-0.2, 0) is 17.8 Å². The molecule has 0 unspecified atom stereocenters. The maximum atomic E-state index is 12.1. The lowest BCUT2D eigenvalue weighted by Gasteiger charge is -2.36. The summed E-state index contributed by atoms with van der Waals surface area (Å²) in [7, 11) is 2.17. The summed E-state index contributed by atoms with van der Waals surface area (Å²) < 4.78 is 0. The van der Waals surface area contributed by atoms with Gasteiger partial charge >= 0.3 is 0 Å². The second kappa shape index (κ2) is 8.76. The first-order chi connectivity index (χ1) is 11.0. The van der Waals surface area contributed by atoms with E-state index < -0.39 is 0 Å². The Morgan fingerprint density at radius 3 is 2.65 bits per heavy atom. The summed E-state index contributed by atoms with van der Waals surface area (Å²) in [4.78, 5) is 22.6. The van der Waals surface area contributed by atoms with Gasteiger partial charge in [-0.1, -0.05) is 6.92 Å². The van der Waals surface area contributed by atoms with Crippen molar-refractivity contribution in [1.29, 1.82) is 0 Å². The number of nitrogens with zero attached hydrogens (tertiary/aromatic N) is 3. The molecule has 1 aromatic rings. The molecule has 1 atom stereocenters. The van der Waals surface area contributed by atoms with Crippen molar-refractivity contribution in [3.05, 3.63) is 15.6 Å². The minimum absolute atomic E-state index is 0.150. The lowest BCUT2D eigenvalue weighted by atomic mass is 10.1. The van der Waals surface area contributed by atoms with Crippen LogP contribution in [0.15, 0.2) is 0 Å². The van der Waals surface area contributed by atoms with Gasteiger partial charge in [0.2, 0.25) is 5.91 Å². The van der Waals surface area contributed by atoms with Gasteiger partial charge in [-0.2, -0.15) is 0 Å². The highest BCUT2D eigenvalue weighted by Crippen LogP contribution is 2.18. The van der Waals surface area contributed by atoms with Gasteiger partial charge in [-0.05, 0) is 33.7 Å². The second-order valence-electron chi connectivity index (χ2n) is 6.47. The summed E-state index contributed by atoms with van der Waals surface area (Å²) in [5.74, 6) is 0.150. The number of likely N-dealkylation sites (N-methyl/N-ethyl adjacent to an activating group) is 1. The third-order valence-corrected chi connectivity index (χ3v) is 5.94. The van der Waals surface area contributed by atoms with Gasteiger partial charge in [0.25, 0.3) is 0 Å². The molecule has 130 valence electrons. The summed E-state index contributed by atoms with van der Waals surface area (Å²) in [6, 6.07) is 0.478. The van der Waals surface area contributed by atoms with Crippen LogP contribution in [0.5, 0.6) is 0 Å². The molecule has 1 saturated heterocycles. The van der Waals surface area contributed by atoms with Crippen molar-refractivity contribution < 1.29 is 4.79 Å². The van der Waals surface area contributed by atoms with Crippen molar-refractivity contribution in [2.24, 2.45) is 0 Å². The number of thiazole rings is 1. The Bertz CT molecular complexity index is 509. The first-order valence-corrected chi connectivity index (χ1v) is 9.45. The van der Waals surface area contributed by atoms with Crippen molar-refractivity contribution in [2.45, 2.75) is 52.6 Å². The Kier molecular flexibility index (Phi) is 6.99. The van der Waals surface area contributed by atoms with Gasteiger partial charge in [-0.25, -0.2) is 4.98 Å². The SMILES string of the molecule is CCc1nc(C)c(CNC(=O)CC[C@H](C)N2CCN(C)CC2)s1. The highest BCUT2D eigenvalue weighted by molar-refractivity contribution is 7.11. The van der Waals surface area contributed by atoms with Gasteiger partial charge in [0.1, 0.15) is 0 Å². The third kappa shape index (κ3) is 5.55. The molecule has 1 aliphatic heterocycles. The van der Waals surface area contributed by atoms with Crippen LogP contribution < -0.4 is 5.32 Å². The fourth-order valence-electron chi connectivity index (χ4n) is 2.86. The fourth-order valence-corrected chi connectivity index (χ4v) is 3.81. The highest BCUT2D eigenvalue weighted by Gasteiger charge is 2.19. The normalized spacial score (nSPS) is 18.1. The smallest absolute Gasteiger partial charge is 0.220 e. The molecule has 2 heterocycles. The zero-order chi connectivity index (χ0) is 16.8. The molecule has 0 aliphatic carbocycles. The van der Waals surface area contributed by atoms with Gasteiger partial charge in [0, 0.05) is 43.5 Å². The Labute approximate surface area is 144 Å². The molecule has 6 heteroatoms. The lowest BCUT2D eigenvalue weighted by molar-refractivity contribution is -0.121. The zero-order valence-electron chi connectivity index (χ0n) is 14.9. The number of amides is 1. The van der Waals surface area contributed by atoms with E-state index >= 15 is 0 Å². The highest BCUT2D eigenvalue weighted by atomic mass is 32.1. The lowest BCUT2D eigenvalue weighted by Crippen LogP contribution is -2.48. The van der Waals surface area contributed by atoms with Gasteiger partial charge in [0.05, 0.1) is 17.2 Å². The van der Waals surface area contributed by atoms with E-state index in [-0.39, 0.29) is 5.91 Å². The quantitative estimate of drug-likeness (QED) is 0.827. The van der Waals surface area contributed by atoms with Gasteiger partial charge in [-0.3, -0.25) is 9.69 Å². The predicted molar refractivity (Wildman–Crippen MR) is 95.8 cm³/mol. The summed E-state index contributed by atoms with van der Waals surface area (Å²) >= 11 is 1.71. The van der Waals surface area contributed by atoms with Gasteiger partial charge in [-0.15, -0.1) is 11.3 Å². The van der Waals surface area contributed by atoms with E-state index in [1.54, 1.807) is 11.3 Å². The second-order valence-corrected chi connectivity index (χ2v) is 7.64. The van der Waals surface area contributed by atoms with E-state index in [9.17, 15) is 4.79 Å². The number of carbonyl (C=O) groups is 1. The average Bonchev–Trinajstić information content (AvgIpc) is 2.91. The Balaban J connectivity index is 1.69. The first kappa shape index (κ1) is 18.4. The van der Waals surface area contributed by atoms with E-state index in [0.29, 0.717) is 19.0 Å². The van der Waals surface area contributed by atoms with Crippen LogP contribution in [0.1, 0.15) is 42.3 Å². The van der Waals surface area contributed by atoms with Crippen LogP contribution in [0.3, 0.4) is 0 Å². The van der Waals surface area contributed by atoms with Crippen molar-refractivity contribution in [1.82, 2.24) is 20.1 Å². The number of rotatable bonds is 7. The largest absolute Gasteiger partial charge is 0.351 e. The Hall–Kier alpha value is -0.980. The first-order valence-electron chi connectivity index (χ1n) is 8.64. The summed E-state index contributed by atoms with van der Waals surface area (Å²) in [6.45, 7) is 11.5. The van der Waals surface area contributed by atoms with Crippen molar-refractivity contribution >= 4 is 17.2 Å². The van der Waals surface area contributed by atoms with Crippen molar-refractivity contribution in [3.8, 4) is 0 Å². The molecular formula is C17H30N4OS.